The Morgan fingerprint density at radius 1 is 1.05 bits per heavy atom. The fraction of sp³-hybridized carbons (Fsp3) is 0. The van der Waals surface area contributed by atoms with Gasteiger partial charge in [-0.2, -0.15) is 0 Å². The van der Waals surface area contributed by atoms with Gasteiger partial charge < -0.3 is 5.32 Å². The quantitative estimate of drug-likeness (QED) is 0.641. The van der Waals surface area contributed by atoms with Gasteiger partial charge in [0.2, 0.25) is 0 Å². The van der Waals surface area contributed by atoms with Crippen molar-refractivity contribution in [1.29, 1.82) is 0 Å². The van der Waals surface area contributed by atoms with E-state index >= 15 is 0 Å². The molecular formula is C13H7Cl3N2O3. The molecule has 0 bridgehead atoms. The van der Waals surface area contributed by atoms with Gasteiger partial charge in [-0.25, -0.2) is 0 Å². The van der Waals surface area contributed by atoms with Crippen LogP contribution in [-0.4, -0.2) is 10.8 Å². The summed E-state index contributed by atoms with van der Waals surface area (Å²) < 4.78 is 0. The average Bonchev–Trinajstić information content (AvgIpc) is 2.39. The maximum Gasteiger partial charge on any atom is 0.289 e. The molecule has 0 aliphatic carbocycles. The third-order valence-electron chi connectivity index (χ3n) is 2.53. The highest BCUT2D eigenvalue weighted by Crippen LogP contribution is 2.28. The van der Waals surface area contributed by atoms with Crippen LogP contribution >= 0.6 is 34.8 Å². The topological polar surface area (TPSA) is 72.2 Å². The molecule has 2 rings (SSSR count). The fourth-order valence-electron chi connectivity index (χ4n) is 1.62. The summed E-state index contributed by atoms with van der Waals surface area (Å²) in [6.07, 6.45) is 0. The first-order valence-electron chi connectivity index (χ1n) is 5.58. The van der Waals surface area contributed by atoms with Crippen LogP contribution in [0.5, 0.6) is 0 Å². The number of hydrogen-bond donors (Lipinski definition) is 1. The second kappa shape index (κ2) is 6.30. The summed E-state index contributed by atoms with van der Waals surface area (Å²) in [6.45, 7) is 0. The number of halogens is 3. The van der Waals surface area contributed by atoms with E-state index in [0.29, 0.717) is 10.0 Å². The molecule has 2 aromatic rings. The lowest BCUT2D eigenvalue weighted by Gasteiger charge is -2.06. The van der Waals surface area contributed by atoms with Crippen molar-refractivity contribution < 1.29 is 9.72 Å². The van der Waals surface area contributed by atoms with Crippen LogP contribution in [0.2, 0.25) is 15.1 Å². The van der Waals surface area contributed by atoms with Crippen molar-refractivity contribution >= 4 is 52.1 Å². The molecule has 0 saturated carbocycles. The predicted molar refractivity (Wildman–Crippen MR) is 82.5 cm³/mol. The number of nitrogens with one attached hydrogen (secondary N) is 1. The monoisotopic (exact) mass is 344 g/mol. The summed E-state index contributed by atoms with van der Waals surface area (Å²) in [5.74, 6) is -0.490. The number of nitro groups is 1. The van der Waals surface area contributed by atoms with Crippen molar-refractivity contribution in [2.45, 2.75) is 0 Å². The minimum absolute atomic E-state index is 0.0104. The van der Waals surface area contributed by atoms with Gasteiger partial charge in [0.05, 0.1) is 4.92 Å². The Kier molecular flexibility index (Phi) is 4.67. The molecule has 2 aromatic carbocycles. The van der Waals surface area contributed by atoms with Crippen molar-refractivity contribution in [2.24, 2.45) is 0 Å². The molecule has 0 unspecified atom stereocenters. The predicted octanol–water partition coefficient (Wildman–Crippen LogP) is 4.81. The van der Waals surface area contributed by atoms with Crippen molar-refractivity contribution in [3.63, 3.8) is 0 Å². The number of carbonyl (C=O) groups is 1. The molecule has 0 aliphatic heterocycles. The van der Waals surface area contributed by atoms with E-state index in [9.17, 15) is 14.9 Å². The summed E-state index contributed by atoms with van der Waals surface area (Å²) in [7, 11) is 0. The Morgan fingerprint density at radius 3 is 2.24 bits per heavy atom. The van der Waals surface area contributed by atoms with Crippen molar-refractivity contribution in [3.05, 3.63) is 67.1 Å². The van der Waals surface area contributed by atoms with Gasteiger partial charge in [0.1, 0.15) is 5.02 Å². The first kappa shape index (κ1) is 15.6. The lowest BCUT2D eigenvalue weighted by molar-refractivity contribution is -0.384. The van der Waals surface area contributed by atoms with Crippen molar-refractivity contribution in [3.8, 4) is 0 Å². The van der Waals surface area contributed by atoms with Crippen LogP contribution in [0.1, 0.15) is 10.4 Å². The molecule has 0 aromatic heterocycles. The van der Waals surface area contributed by atoms with E-state index in [-0.39, 0.29) is 22.0 Å². The number of benzene rings is 2. The molecule has 0 saturated heterocycles. The second-order valence-corrected chi connectivity index (χ2v) is 5.32. The maximum absolute atomic E-state index is 12.1. The summed E-state index contributed by atoms with van der Waals surface area (Å²) in [4.78, 5) is 22.2. The molecule has 0 fully saturated rings. The third-order valence-corrected chi connectivity index (χ3v) is 3.28. The zero-order chi connectivity index (χ0) is 15.6. The number of hydrogen-bond acceptors (Lipinski definition) is 3. The minimum atomic E-state index is -0.631. The first-order chi connectivity index (χ1) is 9.86. The molecular weight excluding hydrogens is 339 g/mol. The highest BCUT2D eigenvalue weighted by molar-refractivity contribution is 6.35. The van der Waals surface area contributed by atoms with Gasteiger partial charge in [-0.05, 0) is 30.3 Å². The lowest BCUT2D eigenvalue weighted by atomic mass is 10.2. The van der Waals surface area contributed by atoms with E-state index in [4.69, 9.17) is 34.8 Å². The van der Waals surface area contributed by atoms with Crippen LogP contribution in [0.25, 0.3) is 0 Å². The SMILES string of the molecule is O=C(Nc1ccc(Cl)c([N+](=O)[O-])c1)c1cc(Cl)cc(Cl)c1. The standard InChI is InChI=1S/C13H7Cl3N2O3/c14-8-3-7(4-9(15)5-8)13(19)17-10-1-2-11(16)12(6-10)18(20)21/h1-6H,(H,17,19). The molecule has 21 heavy (non-hydrogen) atoms. The lowest BCUT2D eigenvalue weighted by Crippen LogP contribution is -2.12. The third kappa shape index (κ3) is 3.85. The first-order valence-corrected chi connectivity index (χ1v) is 6.71. The number of nitro benzene ring substituents is 1. The normalized spacial score (nSPS) is 10.2. The van der Waals surface area contributed by atoms with Gasteiger partial charge in [-0.3, -0.25) is 14.9 Å². The van der Waals surface area contributed by atoms with Crippen molar-refractivity contribution in [1.82, 2.24) is 0 Å². The van der Waals surface area contributed by atoms with Crippen LogP contribution in [0.3, 0.4) is 0 Å². The smallest absolute Gasteiger partial charge is 0.289 e. The van der Waals surface area contributed by atoms with Gasteiger partial charge >= 0.3 is 0 Å². The molecule has 108 valence electrons. The Bertz CT molecular complexity index is 714. The molecule has 0 aliphatic rings. The Labute approximate surface area is 134 Å². The van der Waals surface area contributed by atoms with E-state index < -0.39 is 10.8 Å². The van der Waals surface area contributed by atoms with Crippen LogP contribution in [0.15, 0.2) is 36.4 Å². The Hall–Kier alpha value is -1.82. The number of anilines is 1. The number of nitrogens with zero attached hydrogens (tertiary/aromatic N) is 1. The van der Waals surface area contributed by atoms with Gasteiger partial charge in [0.25, 0.3) is 11.6 Å². The molecule has 0 heterocycles. The molecule has 5 nitrogen and oxygen atoms in total. The Balaban J connectivity index is 2.27. The fourth-order valence-corrected chi connectivity index (χ4v) is 2.33. The van der Waals surface area contributed by atoms with Gasteiger partial charge in [0.15, 0.2) is 0 Å². The van der Waals surface area contributed by atoms with Crippen LogP contribution < -0.4 is 5.32 Å². The Morgan fingerprint density at radius 2 is 1.67 bits per heavy atom. The number of rotatable bonds is 3. The van der Waals surface area contributed by atoms with Gasteiger partial charge in [0, 0.05) is 27.4 Å². The van der Waals surface area contributed by atoms with Crippen LogP contribution in [-0.2, 0) is 0 Å². The van der Waals surface area contributed by atoms with Gasteiger partial charge in [-0.15, -0.1) is 0 Å². The number of amides is 1. The van der Waals surface area contributed by atoms with E-state index in [0.717, 1.165) is 0 Å². The highest BCUT2D eigenvalue weighted by Gasteiger charge is 2.15. The zero-order valence-electron chi connectivity index (χ0n) is 10.3. The second-order valence-electron chi connectivity index (χ2n) is 4.04. The average molecular weight is 346 g/mol. The summed E-state index contributed by atoms with van der Waals surface area (Å²) in [5.41, 5.74) is 0.191. The van der Waals surface area contributed by atoms with Crippen molar-refractivity contribution in [2.75, 3.05) is 5.32 Å². The molecule has 0 spiro atoms. The minimum Gasteiger partial charge on any atom is -0.322 e. The highest BCUT2D eigenvalue weighted by atomic mass is 35.5. The molecule has 1 N–H and O–H groups in total. The van der Waals surface area contributed by atoms with Crippen LogP contribution in [0.4, 0.5) is 11.4 Å². The largest absolute Gasteiger partial charge is 0.322 e. The summed E-state index contributed by atoms with van der Waals surface area (Å²) >= 11 is 17.3. The summed E-state index contributed by atoms with van der Waals surface area (Å²) in [6, 6.07) is 8.33. The molecule has 0 radical (unpaired) electrons. The van der Waals surface area contributed by atoms with E-state index in [2.05, 4.69) is 5.32 Å². The van der Waals surface area contributed by atoms with E-state index in [1.807, 2.05) is 0 Å². The van der Waals surface area contributed by atoms with E-state index in [1.54, 1.807) is 0 Å². The summed E-state index contributed by atoms with van der Waals surface area (Å²) in [5, 5.41) is 13.9. The number of carbonyl (C=O) groups excluding carboxylic acids is 1. The maximum atomic E-state index is 12.1. The molecule has 1 amide bonds. The van der Waals surface area contributed by atoms with E-state index in [1.165, 1.54) is 36.4 Å². The molecule has 8 heteroatoms. The zero-order valence-corrected chi connectivity index (χ0v) is 12.5. The molecule has 0 atom stereocenters. The van der Waals surface area contributed by atoms with Crippen LogP contribution in [0, 0.1) is 10.1 Å². The van der Waals surface area contributed by atoms with Gasteiger partial charge in [-0.1, -0.05) is 34.8 Å².